The molecule has 1 N–H and O–H groups in total. The van der Waals surface area contributed by atoms with Gasteiger partial charge in [-0.3, -0.25) is 4.68 Å². The fourth-order valence-electron chi connectivity index (χ4n) is 2.14. The Bertz CT molecular complexity index is 517. The zero-order valence-electron chi connectivity index (χ0n) is 10.5. The van der Waals surface area contributed by atoms with Gasteiger partial charge in [0.2, 0.25) is 0 Å². The van der Waals surface area contributed by atoms with Crippen LogP contribution in [-0.4, -0.2) is 34.2 Å². The van der Waals surface area contributed by atoms with Crippen molar-refractivity contribution in [2.24, 2.45) is 7.05 Å². The second kappa shape index (κ2) is 4.47. The first-order valence-corrected chi connectivity index (χ1v) is 5.65. The van der Waals surface area contributed by atoms with Crippen molar-refractivity contribution in [3.63, 3.8) is 0 Å². The van der Waals surface area contributed by atoms with Crippen LogP contribution >= 0.6 is 0 Å². The third-order valence-corrected chi connectivity index (χ3v) is 2.84. The molecule has 4 nitrogen and oxygen atoms in total. The smallest absolute Gasteiger partial charge is 0.0908 e. The van der Waals surface area contributed by atoms with Crippen molar-refractivity contribution in [3.8, 4) is 0 Å². The molecule has 0 radical (unpaired) electrons. The number of para-hydroxylation sites is 1. The van der Waals surface area contributed by atoms with Crippen LogP contribution in [0.15, 0.2) is 24.3 Å². The highest BCUT2D eigenvalue weighted by molar-refractivity contribution is 5.81. The molecule has 1 aromatic carbocycles. The minimum Gasteiger partial charge on any atom is -0.387 e. The quantitative estimate of drug-likeness (QED) is 0.872. The van der Waals surface area contributed by atoms with E-state index in [9.17, 15) is 5.11 Å². The van der Waals surface area contributed by atoms with E-state index in [0.29, 0.717) is 13.0 Å². The van der Waals surface area contributed by atoms with Gasteiger partial charge in [0.15, 0.2) is 0 Å². The van der Waals surface area contributed by atoms with Crippen molar-refractivity contribution in [1.82, 2.24) is 9.78 Å². The summed E-state index contributed by atoms with van der Waals surface area (Å²) in [5.74, 6) is 0. The number of benzene rings is 1. The molecule has 2 rings (SSSR count). The first-order chi connectivity index (χ1) is 8.03. The number of hydrogen-bond acceptors (Lipinski definition) is 3. The lowest BCUT2D eigenvalue weighted by Crippen LogP contribution is -2.33. The largest absolute Gasteiger partial charge is 0.387 e. The second-order valence-corrected chi connectivity index (χ2v) is 4.69. The summed E-state index contributed by atoms with van der Waals surface area (Å²) in [5.41, 5.74) is 1.10. The molecule has 0 aliphatic rings. The van der Waals surface area contributed by atoms with E-state index in [0.717, 1.165) is 16.6 Å². The van der Waals surface area contributed by atoms with Crippen molar-refractivity contribution in [3.05, 3.63) is 30.0 Å². The van der Waals surface area contributed by atoms with Gasteiger partial charge in [-0.25, -0.2) is 0 Å². The number of methoxy groups -OCH3 is 1. The average Bonchev–Trinajstić information content (AvgIpc) is 2.56. The van der Waals surface area contributed by atoms with Crippen molar-refractivity contribution >= 4 is 10.9 Å². The molecule has 0 saturated carbocycles. The molecule has 1 heterocycles. The van der Waals surface area contributed by atoms with E-state index in [1.165, 1.54) is 0 Å². The summed E-state index contributed by atoms with van der Waals surface area (Å²) in [6.07, 6.45) is 0.488. The molecule has 0 amide bonds. The molecule has 0 aliphatic heterocycles. The van der Waals surface area contributed by atoms with Crippen LogP contribution in [0.5, 0.6) is 0 Å². The number of hydrogen-bond donors (Lipinski definition) is 1. The minimum atomic E-state index is -0.883. The van der Waals surface area contributed by atoms with E-state index >= 15 is 0 Å². The number of aryl methyl sites for hydroxylation is 1. The molecule has 0 spiro atoms. The monoisotopic (exact) mass is 234 g/mol. The van der Waals surface area contributed by atoms with Crippen LogP contribution < -0.4 is 0 Å². The Hall–Kier alpha value is -1.39. The highest BCUT2D eigenvalue weighted by Crippen LogP contribution is 2.21. The van der Waals surface area contributed by atoms with Gasteiger partial charge in [0, 0.05) is 26.0 Å². The van der Waals surface area contributed by atoms with Gasteiger partial charge >= 0.3 is 0 Å². The normalized spacial score (nSPS) is 15.1. The SMILES string of the molecule is COCC(C)(O)Cc1nn(C)c2ccccc12. The van der Waals surface area contributed by atoms with Gasteiger partial charge in [-0.15, -0.1) is 0 Å². The number of aromatic nitrogens is 2. The van der Waals surface area contributed by atoms with E-state index in [2.05, 4.69) is 5.10 Å². The Balaban J connectivity index is 2.36. The number of rotatable bonds is 4. The second-order valence-electron chi connectivity index (χ2n) is 4.69. The van der Waals surface area contributed by atoms with Crippen LogP contribution in [0, 0.1) is 0 Å². The van der Waals surface area contributed by atoms with E-state index in [1.54, 1.807) is 14.0 Å². The van der Waals surface area contributed by atoms with Crippen LogP contribution in [0.2, 0.25) is 0 Å². The maximum atomic E-state index is 10.2. The molecule has 17 heavy (non-hydrogen) atoms. The summed E-state index contributed by atoms with van der Waals surface area (Å²) < 4.78 is 6.85. The Kier molecular flexibility index (Phi) is 3.17. The Morgan fingerprint density at radius 1 is 1.41 bits per heavy atom. The standard InChI is InChI=1S/C13H18N2O2/c1-13(16,9-17-3)8-11-10-6-4-5-7-12(10)15(2)14-11/h4-7,16H,8-9H2,1-3H3. The maximum Gasteiger partial charge on any atom is 0.0908 e. The highest BCUT2D eigenvalue weighted by atomic mass is 16.5. The molecule has 1 unspecified atom stereocenters. The van der Waals surface area contributed by atoms with Crippen LogP contribution in [-0.2, 0) is 18.2 Å². The molecule has 2 aromatic rings. The van der Waals surface area contributed by atoms with Crippen LogP contribution in [0.1, 0.15) is 12.6 Å². The predicted octanol–water partition coefficient (Wildman–Crippen LogP) is 1.51. The molecule has 0 bridgehead atoms. The van der Waals surface area contributed by atoms with Crippen LogP contribution in [0.4, 0.5) is 0 Å². The van der Waals surface area contributed by atoms with Crippen molar-refractivity contribution in [2.45, 2.75) is 18.9 Å². The van der Waals surface area contributed by atoms with Crippen molar-refractivity contribution in [1.29, 1.82) is 0 Å². The van der Waals surface area contributed by atoms with Gasteiger partial charge in [0.1, 0.15) is 0 Å². The number of nitrogens with zero attached hydrogens (tertiary/aromatic N) is 2. The summed E-state index contributed by atoms with van der Waals surface area (Å²) in [5, 5.41) is 15.7. The summed E-state index contributed by atoms with van der Waals surface area (Å²) in [6.45, 7) is 2.07. The van der Waals surface area contributed by atoms with Crippen LogP contribution in [0.25, 0.3) is 10.9 Å². The van der Waals surface area contributed by atoms with E-state index < -0.39 is 5.60 Å². The Morgan fingerprint density at radius 3 is 2.82 bits per heavy atom. The van der Waals surface area contributed by atoms with E-state index in [4.69, 9.17) is 4.74 Å². The fraction of sp³-hybridized carbons (Fsp3) is 0.462. The summed E-state index contributed by atoms with van der Waals surface area (Å²) >= 11 is 0. The molecule has 1 atom stereocenters. The molecule has 0 fully saturated rings. The zero-order chi connectivity index (χ0) is 12.5. The molecule has 92 valence electrons. The van der Waals surface area contributed by atoms with Crippen LogP contribution in [0.3, 0.4) is 0 Å². The molecule has 4 heteroatoms. The molecule has 1 aromatic heterocycles. The molecular formula is C13H18N2O2. The third kappa shape index (κ3) is 2.48. The van der Waals surface area contributed by atoms with E-state index in [1.807, 2.05) is 36.0 Å². The summed E-state index contributed by atoms with van der Waals surface area (Å²) in [6, 6.07) is 8.02. The lowest BCUT2D eigenvalue weighted by atomic mass is 9.99. The lowest BCUT2D eigenvalue weighted by Gasteiger charge is -2.20. The summed E-state index contributed by atoms with van der Waals surface area (Å²) in [7, 11) is 3.50. The molecule has 0 aliphatic carbocycles. The fourth-order valence-corrected chi connectivity index (χ4v) is 2.14. The van der Waals surface area contributed by atoms with Gasteiger partial charge in [0.25, 0.3) is 0 Å². The Labute approximate surface area is 101 Å². The first kappa shape index (κ1) is 12.1. The van der Waals surface area contributed by atoms with Crippen molar-refractivity contribution < 1.29 is 9.84 Å². The average molecular weight is 234 g/mol. The number of aliphatic hydroxyl groups is 1. The highest BCUT2D eigenvalue weighted by Gasteiger charge is 2.23. The zero-order valence-corrected chi connectivity index (χ0v) is 10.5. The Morgan fingerprint density at radius 2 is 2.12 bits per heavy atom. The molecule has 0 saturated heterocycles. The topological polar surface area (TPSA) is 47.3 Å². The summed E-state index contributed by atoms with van der Waals surface area (Å²) in [4.78, 5) is 0. The van der Waals surface area contributed by atoms with Crippen molar-refractivity contribution in [2.75, 3.05) is 13.7 Å². The van der Waals surface area contributed by atoms with E-state index in [-0.39, 0.29) is 0 Å². The van der Waals surface area contributed by atoms with Gasteiger partial charge in [-0.05, 0) is 13.0 Å². The molecular weight excluding hydrogens is 216 g/mol. The van der Waals surface area contributed by atoms with Gasteiger partial charge in [0.05, 0.1) is 23.4 Å². The van der Waals surface area contributed by atoms with Gasteiger partial charge in [-0.1, -0.05) is 18.2 Å². The number of fused-ring (bicyclic) bond motifs is 1. The minimum absolute atomic E-state index is 0.303. The lowest BCUT2D eigenvalue weighted by molar-refractivity contribution is -0.0166. The maximum absolute atomic E-state index is 10.2. The third-order valence-electron chi connectivity index (χ3n) is 2.84. The van der Waals surface area contributed by atoms with Gasteiger partial charge in [-0.2, -0.15) is 5.10 Å². The predicted molar refractivity (Wildman–Crippen MR) is 66.9 cm³/mol. The number of ether oxygens (including phenoxy) is 1. The van der Waals surface area contributed by atoms with Gasteiger partial charge < -0.3 is 9.84 Å². The first-order valence-electron chi connectivity index (χ1n) is 5.65.